The van der Waals surface area contributed by atoms with Crippen molar-refractivity contribution in [3.05, 3.63) is 40.5 Å². The van der Waals surface area contributed by atoms with Crippen molar-refractivity contribution in [2.24, 2.45) is 0 Å². The normalized spacial score (nSPS) is 16.8. The maximum Gasteiger partial charge on any atom is 0.129 e. The summed E-state index contributed by atoms with van der Waals surface area (Å²) in [5.41, 5.74) is 2.45. The lowest BCUT2D eigenvalue weighted by Crippen LogP contribution is -2.33. The maximum atomic E-state index is 4.52. The molecule has 1 aliphatic heterocycles. The van der Waals surface area contributed by atoms with Gasteiger partial charge in [0.25, 0.3) is 0 Å². The van der Waals surface area contributed by atoms with Crippen molar-refractivity contribution in [3.63, 3.8) is 0 Å². The molecular weight excluding hydrogens is 304 g/mol. The molecule has 3 heterocycles. The van der Waals surface area contributed by atoms with Gasteiger partial charge in [-0.15, -0.1) is 0 Å². The zero-order chi connectivity index (χ0) is 13.2. The highest BCUT2D eigenvalue weighted by atomic mass is 79.9. The summed E-state index contributed by atoms with van der Waals surface area (Å²) in [5, 5.41) is 0. The molecule has 0 bridgehead atoms. The lowest BCUT2D eigenvalue weighted by atomic mass is 9.92. The second-order valence-corrected chi connectivity index (χ2v) is 5.81. The zero-order valence-corrected chi connectivity index (χ0v) is 12.5. The number of nitrogens with one attached hydrogen (secondary N) is 1. The van der Waals surface area contributed by atoms with Crippen molar-refractivity contribution in [1.82, 2.24) is 15.0 Å². The standard InChI is InChI=1S/C14H17BrN4/c1-10-14(17-9-16-10)11-5-7-19(8-6-11)13-4-2-3-12(15)18-13/h2-4,9,11H,5-8H2,1H3,(H,16,17). The molecule has 3 rings (SSSR count). The van der Waals surface area contributed by atoms with Crippen LogP contribution in [0, 0.1) is 6.92 Å². The van der Waals surface area contributed by atoms with Gasteiger partial charge >= 0.3 is 0 Å². The van der Waals surface area contributed by atoms with Crippen LogP contribution in [0.1, 0.15) is 30.1 Å². The third kappa shape index (κ3) is 2.66. The summed E-state index contributed by atoms with van der Waals surface area (Å²) < 4.78 is 0.898. The number of aromatic nitrogens is 3. The molecule has 0 amide bonds. The Morgan fingerprint density at radius 3 is 2.74 bits per heavy atom. The Kier molecular flexibility index (Phi) is 3.55. The molecule has 1 saturated heterocycles. The van der Waals surface area contributed by atoms with Crippen LogP contribution >= 0.6 is 15.9 Å². The third-order valence-electron chi connectivity index (χ3n) is 3.77. The summed E-state index contributed by atoms with van der Waals surface area (Å²) in [4.78, 5) is 14.5. The fourth-order valence-electron chi connectivity index (χ4n) is 2.74. The van der Waals surface area contributed by atoms with E-state index in [1.807, 2.05) is 12.1 Å². The Labute approximate surface area is 121 Å². The van der Waals surface area contributed by atoms with Gasteiger partial charge in [-0.3, -0.25) is 0 Å². The molecule has 0 aliphatic carbocycles. The molecule has 0 radical (unpaired) electrons. The molecule has 0 spiro atoms. The van der Waals surface area contributed by atoms with Crippen molar-refractivity contribution in [1.29, 1.82) is 0 Å². The fourth-order valence-corrected chi connectivity index (χ4v) is 3.07. The number of H-pyrrole nitrogens is 1. The minimum Gasteiger partial charge on any atom is -0.357 e. The average molecular weight is 321 g/mol. The first kappa shape index (κ1) is 12.7. The predicted molar refractivity (Wildman–Crippen MR) is 79.4 cm³/mol. The van der Waals surface area contributed by atoms with E-state index in [0.29, 0.717) is 5.92 Å². The number of aryl methyl sites for hydroxylation is 1. The van der Waals surface area contributed by atoms with Crippen molar-refractivity contribution in [3.8, 4) is 0 Å². The second-order valence-electron chi connectivity index (χ2n) is 4.99. The molecule has 100 valence electrons. The number of halogens is 1. The molecule has 1 N–H and O–H groups in total. The van der Waals surface area contributed by atoms with Crippen LogP contribution in [0.15, 0.2) is 29.1 Å². The Hall–Kier alpha value is -1.36. The lowest BCUT2D eigenvalue weighted by molar-refractivity contribution is 0.493. The first-order valence-corrected chi connectivity index (χ1v) is 7.40. The van der Waals surface area contributed by atoms with Gasteiger partial charge in [-0.2, -0.15) is 0 Å². The molecule has 0 saturated carbocycles. The van der Waals surface area contributed by atoms with Crippen LogP contribution in [-0.2, 0) is 0 Å². The van der Waals surface area contributed by atoms with Crippen molar-refractivity contribution >= 4 is 21.7 Å². The largest absolute Gasteiger partial charge is 0.357 e. The molecule has 19 heavy (non-hydrogen) atoms. The molecule has 1 fully saturated rings. The Morgan fingerprint density at radius 2 is 2.11 bits per heavy atom. The monoisotopic (exact) mass is 320 g/mol. The van der Waals surface area contributed by atoms with Crippen LogP contribution in [-0.4, -0.2) is 28.0 Å². The second kappa shape index (κ2) is 5.33. The van der Waals surface area contributed by atoms with Crippen molar-refractivity contribution < 1.29 is 0 Å². The van der Waals surface area contributed by atoms with E-state index in [4.69, 9.17) is 0 Å². The molecule has 2 aromatic heterocycles. The fraction of sp³-hybridized carbons (Fsp3) is 0.429. The van der Waals surface area contributed by atoms with Crippen LogP contribution in [0.25, 0.3) is 0 Å². The average Bonchev–Trinajstić information content (AvgIpc) is 2.85. The van der Waals surface area contributed by atoms with Crippen LogP contribution in [0.2, 0.25) is 0 Å². The molecule has 1 aliphatic rings. The van der Waals surface area contributed by atoms with E-state index in [-0.39, 0.29) is 0 Å². The van der Waals surface area contributed by atoms with Gasteiger partial charge in [-0.1, -0.05) is 6.07 Å². The van der Waals surface area contributed by atoms with Crippen LogP contribution < -0.4 is 4.90 Å². The number of nitrogens with zero attached hydrogens (tertiary/aromatic N) is 3. The SMILES string of the molecule is Cc1[nH]cnc1C1CCN(c2cccc(Br)n2)CC1. The van der Waals surface area contributed by atoms with Crippen molar-refractivity contribution in [2.45, 2.75) is 25.7 Å². The molecule has 4 nitrogen and oxygen atoms in total. The summed E-state index contributed by atoms with van der Waals surface area (Å²) in [7, 11) is 0. The number of hydrogen-bond acceptors (Lipinski definition) is 3. The highest BCUT2D eigenvalue weighted by Crippen LogP contribution is 2.30. The van der Waals surface area contributed by atoms with Gasteiger partial charge in [-0.05, 0) is 47.8 Å². The van der Waals surface area contributed by atoms with E-state index in [0.717, 1.165) is 36.4 Å². The quantitative estimate of drug-likeness (QED) is 0.864. The van der Waals surface area contributed by atoms with Crippen molar-refractivity contribution in [2.75, 3.05) is 18.0 Å². The Bertz CT molecular complexity index is 558. The molecule has 0 atom stereocenters. The number of anilines is 1. The van der Waals surface area contributed by atoms with Crippen LogP contribution in [0.3, 0.4) is 0 Å². The summed E-state index contributed by atoms with van der Waals surface area (Å²) >= 11 is 3.43. The number of piperidine rings is 1. The van der Waals surface area contributed by atoms with E-state index < -0.39 is 0 Å². The first-order valence-electron chi connectivity index (χ1n) is 6.61. The van der Waals surface area contributed by atoms with E-state index in [9.17, 15) is 0 Å². The highest BCUT2D eigenvalue weighted by molar-refractivity contribution is 9.10. The van der Waals surface area contributed by atoms with Gasteiger partial charge in [0.15, 0.2) is 0 Å². The molecule has 0 unspecified atom stereocenters. The number of hydrogen-bond donors (Lipinski definition) is 1. The summed E-state index contributed by atoms with van der Waals surface area (Å²) in [6.07, 6.45) is 4.08. The van der Waals surface area contributed by atoms with Gasteiger partial charge in [0.1, 0.15) is 10.4 Å². The van der Waals surface area contributed by atoms with Crippen LogP contribution in [0.4, 0.5) is 5.82 Å². The zero-order valence-electron chi connectivity index (χ0n) is 10.9. The first-order chi connectivity index (χ1) is 9.24. The topological polar surface area (TPSA) is 44.8 Å². The Morgan fingerprint density at radius 1 is 1.32 bits per heavy atom. The third-order valence-corrected chi connectivity index (χ3v) is 4.22. The summed E-state index contributed by atoms with van der Waals surface area (Å²) in [6.45, 7) is 4.19. The van der Waals surface area contributed by atoms with Gasteiger partial charge in [0.05, 0.1) is 12.0 Å². The van der Waals surface area contributed by atoms with Crippen LogP contribution in [0.5, 0.6) is 0 Å². The minimum absolute atomic E-state index is 0.578. The number of imidazole rings is 1. The minimum atomic E-state index is 0.578. The maximum absolute atomic E-state index is 4.52. The van der Waals surface area contributed by atoms with Gasteiger partial charge in [0.2, 0.25) is 0 Å². The van der Waals surface area contributed by atoms with Gasteiger partial charge in [-0.25, -0.2) is 9.97 Å². The number of pyridine rings is 1. The van der Waals surface area contributed by atoms with E-state index in [2.05, 4.69) is 48.8 Å². The molecule has 0 aromatic carbocycles. The highest BCUT2D eigenvalue weighted by Gasteiger charge is 2.23. The molecule has 2 aromatic rings. The Balaban J connectivity index is 1.68. The predicted octanol–water partition coefficient (Wildman–Crippen LogP) is 3.26. The van der Waals surface area contributed by atoms with E-state index >= 15 is 0 Å². The summed E-state index contributed by atoms with van der Waals surface area (Å²) in [5.74, 6) is 1.64. The molecule has 5 heteroatoms. The smallest absolute Gasteiger partial charge is 0.129 e. The van der Waals surface area contributed by atoms with Gasteiger partial charge < -0.3 is 9.88 Å². The molecular formula is C14H17BrN4. The van der Waals surface area contributed by atoms with E-state index in [1.54, 1.807) is 6.33 Å². The summed E-state index contributed by atoms with van der Waals surface area (Å²) in [6, 6.07) is 6.07. The number of aromatic amines is 1. The lowest BCUT2D eigenvalue weighted by Gasteiger charge is -2.32. The van der Waals surface area contributed by atoms with E-state index in [1.165, 1.54) is 11.4 Å². The number of rotatable bonds is 2. The van der Waals surface area contributed by atoms with Gasteiger partial charge in [0, 0.05) is 24.7 Å².